The molecule has 0 aliphatic heterocycles. The van der Waals surface area contributed by atoms with E-state index in [1.807, 2.05) is 0 Å². The van der Waals surface area contributed by atoms with Crippen molar-refractivity contribution in [2.24, 2.45) is 0 Å². The van der Waals surface area contributed by atoms with Crippen LogP contribution in [0.25, 0.3) is 10.5 Å². The van der Waals surface area contributed by atoms with Crippen molar-refractivity contribution in [1.29, 1.82) is 0 Å². The molecule has 0 aliphatic carbocycles. The average molecular weight is 188 g/mol. The van der Waals surface area contributed by atoms with E-state index in [4.69, 9.17) is 0 Å². The van der Waals surface area contributed by atoms with E-state index in [1.54, 1.807) is 0 Å². The van der Waals surface area contributed by atoms with Crippen LogP contribution in [0.5, 0.6) is 0 Å². The molecule has 3 heteroatoms. The predicted molar refractivity (Wildman–Crippen MR) is 53.2 cm³/mol. The smallest absolute Gasteiger partial charge is 0.104 e. The first kappa shape index (κ1) is 7.35. The van der Waals surface area contributed by atoms with Gasteiger partial charge < -0.3 is 0 Å². The largest absolute Gasteiger partial charge is 0.142 e. The molecular formula is C8H5PSi2. The van der Waals surface area contributed by atoms with Gasteiger partial charge in [-0.15, -0.1) is 7.08 Å². The van der Waals surface area contributed by atoms with Gasteiger partial charge in [0.25, 0.3) is 0 Å². The van der Waals surface area contributed by atoms with Crippen LogP contribution < -0.4 is 4.92 Å². The number of fused-ring (bicyclic) bond motifs is 1. The Kier molecular flexibility index (Phi) is 1.76. The Hall–Kier alpha value is -0.306. The molecule has 0 saturated heterocycles. The van der Waals surface area contributed by atoms with Crippen LogP contribution in [0.1, 0.15) is 0 Å². The topological polar surface area (TPSA) is 0 Å². The molecule has 0 N–H and O–H groups in total. The zero-order chi connectivity index (χ0) is 7.84. The highest BCUT2D eigenvalue weighted by Crippen LogP contribution is 2.31. The van der Waals surface area contributed by atoms with Crippen LogP contribution in [-0.2, 0) is 0 Å². The molecule has 0 saturated carbocycles. The number of hydrogen-bond donors (Lipinski definition) is 0. The second kappa shape index (κ2) is 2.63. The van der Waals surface area contributed by atoms with Gasteiger partial charge in [-0.25, -0.2) is 0 Å². The van der Waals surface area contributed by atoms with Gasteiger partial charge in [-0.1, -0.05) is 35.3 Å². The van der Waals surface area contributed by atoms with Crippen LogP contribution in [0, 0.1) is 0 Å². The average Bonchev–Trinajstić information content (AvgIpc) is 2.30. The SMILES string of the molecule is [Si]c1cc2ccccc2p1[Si]. The quantitative estimate of drug-likeness (QED) is 0.550. The molecule has 1 atom stereocenters. The van der Waals surface area contributed by atoms with Crippen molar-refractivity contribution in [3.63, 3.8) is 0 Å². The number of benzene rings is 1. The maximum atomic E-state index is 3.70. The fraction of sp³-hybridized carbons (Fsp3) is 0. The minimum atomic E-state index is -0.262. The van der Waals surface area contributed by atoms with Crippen molar-refractivity contribution < 1.29 is 0 Å². The van der Waals surface area contributed by atoms with Crippen LogP contribution in [0.2, 0.25) is 0 Å². The fourth-order valence-electron chi connectivity index (χ4n) is 1.15. The van der Waals surface area contributed by atoms with Gasteiger partial charge in [0.2, 0.25) is 0 Å². The van der Waals surface area contributed by atoms with Gasteiger partial charge in [-0.3, -0.25) is 0 Å². The lowest BCUT2D eigenvalue weighted by Crippen LogP contribution is -1.92. The third-order valence-electron chi connectivity index (χ3n) is 1.71. The molecule has 2 rings (SSSR count). The standard InChI is InChI=1S/C8H5PSi2/c10-8-5-6-3-1-2-4-7(6)9(8)11/h1-5H. The highest BCUT2D eigenvalue weighted by atomic mass is 31.4. The van der Waals surface area contributed by atoms with Gasteiger partial charge in [0.05, 0.1) is 10.2 Å². The Balaban J connectivity index is 2.92. The molecule has 0 fully saturated rings. The predicted octanol–water partition coefficient (Wildman–Crippen LogP) is 1.55. The minimum Gasteiger partial charge on any atom is -0.142 e. The van der Waals surface area contributed by atoms with Crippen molar-refractivity contribution in [1.82, 2.24) is 0 Å². The van der Waals surface area contributed by atoms with Crippen LogP contribution in [-0.4, -0.2) is 20.2 Å². The van der Waals surface area contributed by atoms with Crippen LogP contribution >= 0.6 is 7.08 Å². The molecule has 1 aromatic carbocycles. The van der Waals surface area contributed by atoms with E-state index in [1.165, 1.54) is 15.4 Å². The summed E-state index contributed by atoms with van der Waals surface area (Å²) in [5.41, 5.74) is 0. The Morgan fingerprint density at radius 2 is 1.91 bits per heavy atom. The van der Waals surface area contributed by atoms with Gasteiger partial charge in [0.15, 0.2) is 0 Å². The molecule has 1 aromatic heterocycles. The van der Waals surface area contributed by atoms with E-state index in [0.29, 0.717) is 0 Å². The first-order valence-electron chi connectivity index (χ1n) is 3.33. The molecule has 0 aliphatic rings. The molecule has 6 radical (unpaired) electrons. The molecule has 2 aromatic rings. The van der Waals surface area contributed by atoms with Crippen molar-refractivity contribution >= 4 is 42.7 Å². The van der Waals surface area contributed by atoms with E-state index in [2.05, 4.69) is 50.5 Å². The number of rotatable bonds is 0. The lowest BCUT2D eigenvalue weighted by Gasteiger charge is -1.91. The second-order valence-electron chi connectivity index (χ2n) is 2.42. The maximum Gasteiger partial charge on any atom is 0.104 e. The molecule has 1 unspecified atom stereocenters. The normalized spacial score (nSPS) is 12.4. The zero-order valence-corrected chi connectivity index (χ0v) is 8.73. The summed E-state index contributed by atoms with van der Waals surface area (Å²) >= 11 is 0. The van der Waals surface area contributed by atoms with Gasteiger partial charge in [-0.2, -0.15) is 0 Å². The summed E-state index contributed by atoms with van der Waals surface area (Å²) in [6.45, 7) is 0. The molecule has 11 heavy (non-hydrogen) atoms. The lowest BCUT2D eigenvalue weighted by molar-refractivity contribution is 1.86. The Labute approximate surface area is 73.4 Å². The Morgan fingerprint density at radius 1 is 1.18 bits per heavy atom. The van der Waals surface area contributed by atoms with Crippen molar-refractivity contribution in [2.45, 2.75) is 0 Å². The summed E-state index contributed by atoms with van der Waals surface area (Å²) in [6.07, 6.45) is 0. The van der Waals surface area contributed by atoms with E-state index in [-0.39, 0.29) is 7.08 Å². The minimum absolute atomic E-state index is 0.262. The zero-order valence-electron chi connectivity index (χ0n) is 5.83. The van der Waals surface area contributed by atoms with E-state index in [0.717, 1.165) is 0 Å². The molecular weight excluding hydrogens is 183 g/mol. The second-order valence-corrected chi connectivity index (χ2v) is 6.36. The Morgan fingerprint density at radius 3 is 2.64 bits per heavy atom. The molecule has 0 amide bonds. The highest BCUT2D eigenvalue weighted by molar-refractivity contribution is 7.83. The summed E-state index contributed by atoms with van der Waals surface area (Å²) in [5, 5.41) is 2.74. The van der Waals surface area contributed by atoms with Gasteiger partial charge >= 0.3 is 0 Å². The van der Waals surface area contributed by atoms with E-state index >= 15 is 0 Å². The summed E-state index contributed by atoms with van der Waals surface area (Å²) < 4.78 is 0. The van der Waals surface area contributed by atoms with E-state index < -0.39 is 0 Å². The van der Waals surface area contributed by atoms with Crippen LogP contribution in [0.3, 0.4) is 0 Å². The van der Waals surface area contributed by atoms with Crippen molar-refractivity contribution in [3.05, 3.63) is 30.3 Å². The molecule has 50 valence electrons. The summed E-state index contributed by atoms with van der Waals surface area (Å²) in [6, 6.07) is 10.6. The molecule has 1 heterocycles. The third-order valence-corrected chi connectivity index (χ3v) is 6.14. The molecule has 0 nitrogen and oxygen atoms in total. The van der Waals surface area contributed by atoms with Crippen LogP contribution in [0.4, 0.5) is 0 Å². The van der Waals surface area contributed by atoms with Crippen molar-refractivity contribution in [3.8, 4) is 0 Å². The van der Waals surface area contributed by atoms with Crippen molar-refractivity contribution in [2.75, 3.05) is 0 Å². The fourth-order valence-corrected chi connectivity index (χ4v) is 3.64. The third kappa shape index (κ3) is 1.11. The van der Waals surface area contributed by atoms with Gasteiger partial charge in [-0.05, 0) is 10.5 Å². The summed E-state index contributed by atoms with van der Waals surface area (Å²) in [7, 11) is 7.01. The Bertz CT molecular complexity index is 392. The highest BCUT2D eigenvalue weighted by Gasteiger charge is 1.99. The number of hydrogen-bond acceptors (Lipinski definition) is 0. The molecule has 0 bridgehead atoms. The summed E-state index contributed by atoms with van der Waals surface area (Å²) in [4.78, 5) is 1.26. The van der Waals surface area contributed by atoms with Crippen LogP contribution in [0.15, 0.2) is 30.3 Å². The summed E-state index contributed by atoms with van der Waals surface area (Å²) in [5.74, 6) is 0. The van der Waals surface area contributed by atoms with Gasteiger partial charge in [0.1, 0.15) is 9.91 Å². The van der Waals surface area contributed by atoms with Gasteiger partial charge in [0, 0.05) is 0 Å². The lowest BCUT2D eigenvalue weighted by atomic mass is 10.3. The molecule has 0 spiro atoms. The maximum absolute atomic E-state index is 3.70. The van der Waals surface area contributed by atoms with E-state index in [9.17, 15) is 0 Å². The first-order valence-corrected chi connectivity index (χ1v) is 6.51. The monoisotopic (exact) mass is 188 g/mol. The first-order chi connectivity index (χ1) is 5.29.